The normalized spacial score (nSPS) is 13.1. The monoisotopic (exact) mass is 394 g/mol. The summed E-state index contributed by atoms with van der Waals surface area (Å²) in [4.78, 5) is 24.4. The van der Waals surface area contributed by atoms with Gasteiger partial charge in [-0.15, -0.1) is 0 Å². The molecular weight excluding hydrogens is 368 g/mol. The Kier molecular flexibility index (Phi) is 5.92. The molecule has 0 bridgehead atoms. The van der Waals surface area contributed by atoms with Gasteiger partial charge in [-0.25, -0.2) is 0 Å². The molecule has 0 aliphatic heterocycles. The van der Waals surface area contributed by atoms with E-state index in [-0.39, 0.29) is 18.7 Å². The minimum atomic E-state index is -1.05. The minimum Gasteiger partial charge on any atom is -0.497 e. The SMILES string of the molecule is CCn1cc(CC(=O)NC(C)(CC(=O)O)c2cccc(OC)c2)c2ccccc21. The zero-order valence-corrected chi connectivity index (χ0v) is 16.9. The number of carboxylic acid groups (broad SMARTS) is 1. The van der Waals surface area contributed by atoms with E-state index in [2.05, 4.69) is 16.8 Å². The fraction of sp³-hybridized carbons (Fsp3) is 0.304. The molecule has 0 spiro atoms. The number of hydrogen-bond donors (Lipinski definition) is 2. The molecule has 0 radical (unpaired) electrons. The fourth-order valence-electron chi connectivity index (χ4n) is 3.74. The smallest absolute Gasteiger partial charge is 0.306 e. The van der Waals surface area contributed by atoms with Gasteiger partial charge in [0.25, 0.3) is 0 Å². The van der Waals surface area contributed by atoms with Gasteiger partial charge in [0.1, 0.15) is 5.75 Å². The molecule has 0 aliphatic carbocycles. The van der Waals surface area contributed by atoms with Crippen molar-refractivity contribution in [3.8, 4) is 5.75 Å². The molecule has 0 saturated heterocycles. The summed E-state index contributed by atoms with van der Waals surface area (Å²) in [6, 6.07) is 15.1. The highest BCUT2D eigenvalue weighted by molar-refractivity contribution is 5.90. The van der Waals surface area contributed by atoms with E-state index >= 15 is 0 Å². The second kappa shape index (κ2) is 8.39. The summed E-state index contributed by atoms with van der Waals surface area (Å²) in [7, 11) is 1.55. The number of carboxylic acids is 1. The number of hydrogen-bond acceptors (Lipinski definition) is 3. The predicted octanol–water partition coefficient (Wildman–Crippen LogP) is 3.72. The Balaban J connectivity index is 1.88. The first-order valence-electron chi connectivity index (χ1n) is 9.60. The van der Waals surface area contributed by atoms with Crippen molar-refractivity contribution in [3.63, 3.8) is 0 Å². The number of rotatable bonds is 8. The first-order chi connectivity index (χ1) is 13.9. The minimum absolute atomic E-state index is 0.173. The highest BCUT2D eigenvalue weighted by atomic mass is 16.5. The number of nitrogens with zero attached hydrogens (tertiary/aromatic N) is 1. The van der Waals surface area contributed by atoms with Gasteiger partial charge in [0.15, 0.2) is 0 Å². The number of para-hydroxylation sites is 1. The van der Waals surface area contributed by atoms with Gasteiger partial charge in [-0.3, -0.25) is 9.59 Å². The Morgan fingerprint density at radius 1 is 1.17 bits per heavy atom. The number of aromatic nitrogens is 1. The van der Waals surface area contributed by atoms with Crippen molar-refractivity contribution < 1.29 is 19.4 Å². The van der Waals surface area contributed by atoms with Gasteiger partial charge >= 0.3 is 5.97 Å². The molecule has 6 nitrogen and oxygen atoms in total. The van der Waals surface area contributed by atoms with Crippen LogP contribution in [0.1, 0.15) is 31.4 Å². The van der Waals surface area contributed by atoms with Gasteiger partial charge in [0.05, 0.1) is 25.5 Å². The number of ether oxygens (including phenoxy) is 1. The van der Waals surface area contributed by atoms with Gasteiger partial charge in [-0.2, -0.15) is 0 Å². The molecule has 152 valence electrons. The third-order valence-electron chi connectivity index (χ3n) is 5.19. The molecule has 1 aromatic heterocycles. The number of carbonyl (C=O) groups excluding carboxylic acids is 1. The van der Waals surface area contributed by atoms with Crippen LogP contribution < -0.4 is 10.1 Å². The van der Waals surface area contributed by atoms with Crippen LogP contribution in [-0.4, -0.2) is 28.7 Å². The van der Waals surface area contributed by atoms with E-state index in [9.17, 15) is 14.7 Å². The molecule has 3 rings (SSSR count). The summed E-state index contributed by atoms with van der Waals surface area (Å²) < 4.78 is 7.36. The summed E-state index contributed by atoms with van der Waals surface area (Å²) in [5, 5.41) is 13.4. The summed E-state index contributed by atoms with van der Waals surface area (Å²) >= 11 is 0. The largest absolute Gasteiger partial charge is 0.497 e. The highest BCUT2D eigenvalue weighted by Gasteiger charge is 2.32. The van der Waals surface area contributed by atoms with Crippen molar-refractivity contribution in [2.24, 2.45) is 0 Å². The maximum Gasteiger partial charge on any atom is 0.306 e. The molecule has 29 heavy (non-hydrogen) atoms. The van der Waals surface area contributed by atoms with Crippen molar-refractivity contribution in [2.45, 2.75) is 38.8 Å². The molecule has 1 amide bonds. The maximum atomic E-state index is 12.9. The van der Waals surface area contributed by atoms with E-state index in [1.54, 1.807) is 38.3 Å². The molecular formula is C23H26N2O4. The first kappa shape index (κ1) is 20.5. The van der Waals surface area contributed by atoms with Gasteiger partial charge in [0.2, 0.25) is 5.91 Å². The van der Waals surface area contributed by atoms with E-state index in [0.717, 1.165) is 23.0 Å². The van der Waals surface area contributed by atoms with Crippen molar-refractivity contribution in [1.29, 1.82) is 0 Å². The van der Waals surface area contributed by atoms with E-state index in [1.165, 1.54) is 0 Å². The van der Waals surface area contributed by atoms with Gasteiger partial charge < -0.3 is 19.7 Å². The van der Waals surface area contributed by atoms with Crippen LogP contribution in [0, 0.1) is 0 Å². The summed E-state index contributed by atoms with van der Waals surface area (Å²) in [5.74, 6) is -0.604. The van der Waals surface area contributed by atoms with E-state index in [0.29, 0.717) is 11.3 Å². The lowest BCUT2D eigenvalue weighted by atomic mass is 9.88. The Bertz CT molecular complexity index is 1040. The molecule has 1 heterocycles. The summed E-state index contributed by atoms with van der Waals surface area (Å²) in [5.41, 5.74) is 1.63. The highest BCUT2D eigenvalue weighted by Crippen LogP contribution is 2.28. The number of benzene rings is 2. The number of methoxy groups -OCH3 is 1. The Hall–Kier alpha value is -3.28. The number of aliphatic carboxylic acids is 1. The van der Waals surface area contributed by atoms with Crippen molar-refractivity contribution in [2.75, 3.05) is 7.11 Å². The molecule has 6 heteroatoms. The Morgan fingerprint density at radius 2 is 1.93 bits per heavy atom. The second-order valence-electron chi connectivity index (χ2n) is 7.32. The Labute approximate surface area is 170 Å². The average Bonchev–Trinajstić information content (AvgIpc) is 3.05. The molecule has 0 saturated carbocycles. The van der Waals surface area contributed by atoms with Crippen LogP contribution in [0.2, 0.25) is 0 Å². The van der Waals surface area contributed by atoms with Crippen LogP contribution in [-0.2, 0) is 28.1 Å². The van der Waals surface area contributed by atoms with Crippen molar-refractivity contribution in [3.05, 3.63) is 65.9 Å². The van der Waals surface area contributed by atoms with Crippen LogP contribution in [0.25, 0.3) is 10.9 Å². The quantitative estimate of drug-likeness (QED) is 0.610. The third kappa shape index (κ3) is 4.42. The molecule has 0 fully saturated rings. The second-order valence-corrected chi connectivity index (χ2v) is 7.32. The molecule has 1 atom stereocenters. The van der Waals surface area contributed by atoms with E-state index in [1.807, 2.05) is 30.5 Å². The topological polar surface area (TPSA) is 80.6 Å². The van der Waals surface area contributed by atoms with Crippen molar-refractivity contribution >= 4 is 22.8 Å². The van der Waals surface area contributed by atoms with Gasteiger partial charge in [-0.05, 0) is 43.2 Å². The summed E-state index contributed by atoms with van der Waals surface area (Å²) in [6.07, 6.45) is 1.93. The van der Waals surface area contributed by atoms with Gasteiger partial charge in [0, 0.05) is 23.6 Å². The molecule has 2 N–H and O–H groups in total. The maximum absolute atomic E-state index is 12.9. The van der Waals surface area contributed by atoms with E-state index < -0.39 is 11.5 Å². The molecule has 0 aliphatic rings. The number of aryl methyl sites for hydroxylation is 1. The molecule has 1 unspecified atom stereocenters. The van der Waals surface area contributed by atoms with Crippen LogP contribution >= 0.6 is 0 Å². The Morgan fingerprint density at radius 3 is 2.62 bits per heavy atom. The molecule has 3 aromatic rings. The van der Waals surface area contributed by atoms with Crippen LogP contribution in [0.5, 0.6) is 5.75 Å². The van der Waals surface area contributed by atoms with Crippen LogP contribution in [0.4, 0.5) is 0 Å². The number of fused-ring (bicyclic) bond motifs is 1. The average molecular weight is 394 g/mol. The van der Waals surface area contributed by atoms with Crippen molar-refractivity contribution in [1.82, 2.24) is 9.88 Å². The lowest BCUT2D eigenvalue weighted by Gasteiger charge is -2.30. The zero-order valence-electron chi connectivity index (χ0n) is 16.9. The lowest BCUT2D eigenvalue weighted by molar-refractivity contribution is -0.139. The fourth-order valence-corrected chi connectivity index (χ4v) is 3.74. The standard InChI is InChI=1S/C23H26N2O4/c1-4-25-15-16(19-10-5-6-11-20(19)25)12-21(26)24-23(2,14-22(27)28)17-8-7-9-18(13-17)29-3/h5-11,13,15H,4,12,14H2,1-3H3,(H,24,26)(H,27,28). The molecule has 2 aromatic carbocycles. The summed E-state index contributed by atoms with van der Waals surface area (Å²) in [6.45, 7) is 4.59. The predicted molar refractivity (Wildman–Crippen MR) is 112 cm³/mol. The number of nitrogens with one attached hydrogen (secondary N) is 1. The zero-order chi connectivity index (χ0) is 21.0. The third-order valence-corrected chi connectivity index (χ3v) is 5.19. The van der Waals surface area contributed by atoms with Crippen LogP contribution in [0.3, 0.4) is 0 Å². The van der Waals surface area contributed by atoms with Gasteiger partial charge in [-0.1, -0.05) is 30.3 Å². The number of amides is 1. The van der Waals surface area contributed by atoms with Crippen LogP contribution in [0.15, 0.2) is 54.7 Å². The van der Waals surface area contributed by atoms with E-state index in [4.69, 9.17) is 4.74 Å². The first-order valence-corrected chi connectivity index (χ1v) is 9.60. The number of carbonyl (C=O) groups is 2. The lowest BCUT2D eigenvalue weighted by Crippen LogP contribution is -2.45.